The van der Waals surface area contributed by atoms with Gasteiger partial charge < -0.3 is 27.0 Å². The van der Waals surface area contributed by atoms with Crippen LogP contribution < -0.4 is 16.8 Å². The van der Waals surface area contributed by atoms with Gasteiger partial charge in [-0.2, -0.15) is 0 Å². The number of nitrogen functional groups attached to an aromatic ring is 1. The molecule has 0 aliphatic rings. The first-order chi connectivity index (χ1) is 20.8. The fourth-order valence-electron chi connectivity index (χ4n) is 4.73. The largest absolute Gasteiger partial charge is 0.508 e. The van der Waals surface area contributed by atoms with Crippen LogP contribution in [-0.2, 0) is 42.8 Å². The molecule has 0 radical (unpaired) electrons. The molecule has 0 aliphatic carbocycles. The zero-order valence-electron chi connectivity index (χ0n) is 24.4. The molecule has 10 nitrogen and oxygen atoms in total. The van der Waals surface area contributed by atoms with Gasteiger partial charge in [0.05, 0.1) is 23.5 Å². The molecular weight excluding hydrogens is 582 g/mol. The van der Waals surface area contributed by atoms with Crippen molar-refractivity contribution < 1.29 is 33.0 Å². The molecule has 7 N–H and O–H groups in total. The van der Waals surface area contributed by atoms with Crippen molar-refractivity contribution in [3.63, 3.8) is 0 Å². The number of nitrogens with two attached hydrogens (primary N) is 2. The van der Waals surface area contributed by atoms with Gasteiger partial charge in [-0.1, -0.05) is 55.1 Å². The molecule has 0 heterocycles. The average molecular weight is 622 g/mol. The maximum Gasteiger partial charge on any atom is 0.303 e. The Labute approximate surface area is 257 Å². The summed E-state index contributed by atoms with van der Waals surface area (Å²) in [6, 6.07) is 18.9. The number of ketones is 1. The van der Waals surface area contributed by atoms with Gasteiger partial charge in [-0.25, -0.2) is 8.42 Å². The summed E-state index contributed by atoms with van der Waals surface area (Å²) in [6.45, 7) is 3.69. The number of Topliss-reactive ketones (excluding diaryl/α,β-unsaturated/α-hetero) is 1. The Morgan fingerprint density at radius 3 is 1.98 bits per heavy atom. The minimum atomic E-state index is -3.78. The van der Waals surface area contributed by atoms with Gasteiger partial charge in [0, 0.05) is 24.2 Å². The van der Waals surface area contributed by atoms with Crippen LogP contribution in [-0.4, -0.2) is 48.1 Å². The number of carboxylic acids is 1. The van der Waals surface area contributed by atoms with Crippen molar-refractivity contribution in [1.82, 2.24) is 5.32 Å². The van der Waals surface area contributed by atoms with Crippen LogP contribution in [0.2, 0.25) is 0 Å². The summed E-state index contributed by atoms with van der Waals surface area (Å²) < 4.78 is 26.4. The van der Waals surface area contributed by atoms with Crippen molar-refractivity contribution in [2.75, 3.05) is 11.5 Å². The third-order valence-electron chi connectivity index (χ3n) is 7.25. The summed E-state index contributed by atoms with van der Waals surface area (Å²) in [5.74, 6) is -3.82. The Bertz CT molecular complexity index is 1550. The fraction of sp³-hybridized carbons (Fsp3) is 0.303. The minimum absolute atomic E-state index is 0.0428. The number of aryl methyl sites for hydroxylation is 2. The molecule has 0 unspecified atom stereocenters. The molecule has 0 fully saturated rings. The van der Waals surface area contributed by atoms with E-state index in [2.05, 4.69) is 11.9 Å². The summed E-state index contributed by atoms with van der Waals surface area (Å²) in [7, 11) is -3.78. The predicted octanol–water partition coefficient (Wildman–Crippen LogP) is 3.62. The van der Waals surface area contributed by atoms with Crippen molar-refractivity contribution in [1.29, 1.82) is 0 Å². The lowest BCUT2D eigenvalue weighted by atomic mass is 9.96. The van der Waals surface area contributed by atoms with Gasteiger partial charge >= 0.3 is 5.97 Å². The third kappa shape index (κ3) is 11.2. The molecule has 0 aromatic heterocycles. The lowest BCUT2D eigenvalue weighted by Gasteiger charge is -2.22. The second-order valence-electron chi connectivity index (χ2n) is 10.9. The summed E-state index contributed by atoms with van der Waals surface area (Å²) in [5.41, 5.74) is 15.3. The first-order valence-electron chi connectivity index (χ1n) is 14.2. The van der Waals surface area contributed by atoms with Gasteiger partial charge in [-0.3, -0.25) is 14.4 Å². The van der Waals surface area contributed by atoms with Crippen LogP contribution >= 0.6 is 0 Å². The first-order valence-corrected chi connectivity index (χ1v) is 16.0. The van der Waals surface area contributed by atoms with Crippen LogP contribution in [0.4, 0.5) is 5.69 Å². The summed E-state index contributed by atoms with van der Waals surface area (Å²) in [5, 5.41) is 21.5. The highest BCUT2D eigenvalue weighted by Crippen LogP contribution is 2.19. The number of benzene rings is 3. The van der Waals surface area contributed by atoms with Gasteiger partial charge in [0.1, 0.15) is 5.75 Å². The fourth-order valence-corrected chi connectivity index (χ4v) is 6.47. The molecule has 44 heavy (non-hydrogen) atoms. The molecule has 2 atom stereocenters. The SMILES string of the molecule is C=C(N)c1ccc(CCC(=O)[C@H](CCC(=O)O)NC(=O)[C@@H](CCc2ccc(O)cc2)CS(=O)(=O)Cc2ccc(N)cc2)cc1. The Morgan fingerprint density at radius 1 is 0.818 bits per heavy atom. The van der Waals surface area contributed by atoms with Crippen LogP contribution in [0.1, 0.15) is 47.9 Å². The van der Waals surface area contributed by atoms with E-state index in [4.69, 9.17) is 11.5 Å². The number of phenolic OH excluding ortho intramolecular Hbond substituents is 1. The molecular formula is C33H39N3O7S. The first kappa shape index (κ1) is 33.9. The summed E-state index contributed by atoms with van der Waals surface area (Å²) >= 11 is 0. The normalized spacial score (nSPS) is 12.6. The number of anilines is 1. The highest BCUT2D eigenvalue weighted by molar-refractivity contribution is 7.90. The van der Waals surface area contributed by atoms with Crippen molar-refractivity contribution in [3.8, 4) is 5.75 Å². The lowest BCUT2D eigenvalue weighted by molar-refractivity contribution is -0.138. The molecule has 3 rings (SSSR count). The number of nitrogens with one attached hydrogen (secondary N) is 1. The standard InChI is InChI=1S/C33H39N3O7S/c1-22(34)26-10-2-23(3-11-26)9-18-31(38)30(17-19-32(39)40)36-33(41)27(12-4-24-7-15-29(37)16-8-24)21-44(42,43)20-25-5-13-28(35)14-6-25/h2-3,5-8,10-11,13-16,27,30,37H,1,4,9,12,17-21,34-35H2,(H,36,41)(H,39,40)/t27-,30-/m0/s1. The monoisotopic (exact) mass is 621 g/mol. The maximum absolute atomic E-state index is 13.6. The molecule has 0 bridgehead atoms. The van der Waals surface area contributed by atoms with Crippen LogP contribution in [0.3, 0.4) is 0 Å². The van der Waals surface area contributed by atoms with E-state index in [1.165, 1.54) is 12.1 Å². The van der Waals surface area contributed by atoms with Gasteiger partial charge in [0.25, 0.3) is 0 Å². The zero-order valence-corrected chi connectivity index (χ0v) is 25.3. The topological polar surface area (TPSA) is 190 Å². The van der Waals surface area contributed by atoms with Crippen LogP contribution in [0.15, 0.2) is 79.4 Å². The highest BCUT2D eigenvalue weighted by Gasteiger charge is 2.29. The maximum atomic E-state index is 13.6. The second-order valence-corrected chi connectivity index (χ2v) is 13.0. The molecule has 11 heteroatoms. The molecule has 1 amide bonds. The number of carboxylic acid groups (broad SMARTS) is 1. The lowest BCUT2D eigenvalue weighted by Crippen LogP contribution is -2.45. The Hall–Kier alpha value is -4.64. The van der Waals surface area contributed by atoms with Crippen molar-refractivity contribution in [2.45, 2.75) is 50.3 Å². The molecule has 3 aromatic rings. The zero-order chi connectivity index (χ0) is 32.3. The van der Waals surface area contributed by atoms with E-state index in [1.54, 1.807) is 48.5 Å². The summed E-state index contributed by atoms with van der Waals surface area (Å²) in [4.78, 5) is 38.1. The molecule has 234 valence electrons. The van der Waals surface area contributed by atoms with E-state index < -0.39 is 39.4 Å². The molecule has 0 aliphatic heterocycles. The molecule has 0 saturated carbocycles. The van der Waals surface area contributed by atoms with E-state index >= 15 is 0 Å². The molecule has 3 aromatic carbocycles. The number of aliphatic carboxylic acids is 1. The number of sulfone groups is 1. The Balaban J connectivity index is 1.76. The number of aromatic hydroxyl groups is 1. The van der Waals surface area contributed by atoms with E-state index in [0.717, 1.165) is 16.7 Å². The number of carbonyl (C=O) groups excluding carboxylic acids is 2. The minimum Gasteiger partial charge on any atom is -0.508 e. The number of carbonyl (C=O) groups is 3. The van der Waals surface area contributed by atoms with Crippen molar-refractivity contribution >= 4 is 38.9 Å². The highest BCUT2D eigenvalue weighted by atomic mass is 32.2. The van der Waals surface area contributed by atoms with Crippen LogP contribution in [0.5, 0.6) is 5.75 Å². The third-order valence-corrected chi connectivity index (χ3v) is 8.93. The number of hydrogen-bond donors (Lipinski definition) is 5. The van der Waals surface area contributed by atoms with E-state index in [-0.39, 0.29) is 43.0 Å². The van der Waals surface area contributed by atoms with Crippen LogP contribution in [0, 0.1) is 5.92 Å². The van der Waals surface area contributed by atoms with Crippen molar-refractivity contribution in [3.05, 3.63) is 102 Å². The molecule has 0 spiro atoms. The van der Waals surface area contributed by atoms with Gasteiger partial charge in [0.15, 0.2) is 15.6 Å². The number of hydrogen-bond acceptors (Lipinski definition) is 8. The number of amides is 1. The Kier molecular flexibility index (Phi) is 12.1. The molecule has 0 saturated heterocycles. The van der Waals surface area contributed by atoms with E-state index in [1.807, 2.05) is 12.1 Å². The summed E-state index contributed by atoms with van der Waals surface area (Å²) in [6.07, 6.45) is 0.411. The van der Waals surface area contributed by atoms with Gasteiger partial charge in [-0.15, -0.1) is 0 Å². The quantitative estimate of drug-likeness (QED) is 0.140. The average Bonchev–Trinajstić information content (AvgIpc) is 2.98. The second kappa shape index (κ2) is 15.7. The van der Waals surface area contributed by atoms with Crippen LogP contribution in [0.25, 0.3) is 5.70 Å². The van der Waals surface area contributed by atoms with Crippen molar-refractivity contribution in [2.24, 2.45) is 11.7 Å². The Morgan fingerprint density at radius 2 is 1.39 bits per heavy atom. The van der Waals surface area contributed by atoms with E-state index in [9.17, 15) is 33.0 Å². The smallest absolute Gasteiger partial charge is 0.303 e. The van der Waals surface area contributed by atoms with Gasteiger partial charge in [0.2, 0.25) is 5.91 Å². The van der Waals surface area contributed by atoms with Gasteiger partial charge in [-0.05, 0) is 72.2 Å². The predicted molar refractivity (Wildman–Crippen MR) is 170 cm³/mol. The van der Waals surface area contributed by atoms with E-state index in [0.29, 0.717) is 29.8 Å². The number of phenols is 1. The number of rotatable bonds is 17.